The second-order valence-corrected chi connectivity index (χ2v) is 5.17. The summed E-state index contributed by atoms with van der Waals surface area (Å²) in [5.41, 5.74) is 0.221. The highest BCUT2D eigenvalue weighted by Gasteiger charge is 2.23. The van der Waals surface area contributed by atoms with E-state index >= 15 is 0 Å². The lowest BCUT2D eigenvalue weighted by atomic mass is 9.98. The van der Waals surface area contributed by atoms with E-state index in [0.717, 1.165) is 12.8 Å². The highest BCUT2D eigenvalue weighted by atomic mass is 19.1. The van der Waals surface area contributed by atoms with Crippen LogP contribution in [0.15, 0.2) is 36.9 Å². The van der Waals surface area contributed by atoms with Gasteiger partial charge in [-0.3, -0.25) is 0 Å². The predicted molar refractivity (Wildman–Crippen MR) is 80.7 cm³/mol. The van der Waals surface area contributed by atoms with Gasteiger partial charge in [-0.05, 0) is 30.9 Å². The summed E-state index contributed by atoms with van der Waals surface area (Å²) in [4.78, 5) is 13.8. The molecule has 1 heterocycles. The van der Waals surface area contributed by atoms with Gasteiger partial charge in [-0.25, -0.2) is 9.18 Å². The third kappa shape index (κ3) is 4.56. The van der Waals surface area contributed by atoms with E-state index in [4.69, 9.17) is 4.74 Å². The minimum Gasteiger partial charge on any atom is -0.377 e. The molecule has 0 atom stereocenters. The van der Waals surface area contributed by atoms with Crippen molar-refractivity contribution in [1.29, 1.82) is 0 Å². The van der Waals surface area contributed by atoms with E-state index in [9.17, 15) is 9.18 Å². The van der Waals surface area contributed by atoms with Crippen LogP contribution in [0.3, 0.4) is 0 Å². The van der Waals surface area contributed by atoms with Crippen molar-refractivity contribution in [3.05, 3.63) is 42.7 Å². The standard InChI is InChI=1S/C16H21FN2O2/c1-2-11-21-12-13-7-9-19(10-8-13)16(20)18-15-6-4-3-5-14(15)17/h2-6,13H,1,7-12H2,(H,18,20). The highest BCUT2D eigenvalue weighted by molar-refractivity contribution is 5.89. The van der Waals surface area contributed by atoms with E-state index < -0.39 is 5.82 Å². The van der Waals surface area contributed by atoms with Gasteiger partial charge in [-0.15, -0.1) is 6.58 Å². The smallest absolute Gasteiger partial charge is 0.321 e. The first-order valence-electron chi connectivity index (χ1n) is 7.20. The van der Waals surface area contributed by atoms with Gasteiger partial charge in [0, 0.05) is 19.7 Å². The maximum Gasteiger partial charge on any atom is 0.321 e. The summed E-state index contributed by atoms with van der Waals surface area (Å²) >= 11 is 0. The van der Waals surface area contributed by atoms with Crippen molar-refractivity contribution in [3.8, 4) is 0 Å². The largest absolute Gasteiger partial charge is 0.377 e. The zero-order valence-electron chi connectivity index (χ0n) is 12.1. The molecule has 0 saturated carbocycles. The Kier molecular flexibility index (Phi) is 5.75. The van der Waals surface area contributed by atoms with Crippen LogP contribution in [0.1, 0.15) is 12.8 Å². The Labute approximate surface area is 124 Å². The van der Waals surface area contributed by atoms with Crippen LogP contribution < -0.4 is 5.32 Å². The second kappa shape index (κ2) is 7.78. The Morgan fingerprint density at radius 3 is 2.81 bits per heavy atom. The van der Waals surface area contributed by atoms with Crippen LogP contribution in [0.5, 0.6) is 0 Å². The Balaban J connectivity index is 1.78. The van der Waals surface area contributed by atoms with Crippen LogP contribution in [0.4, 0.5) is 14.9 Å². The molecule has 1 fully saturated rings. The van der Waals surface area contributed by atoms with Crippen molar-refractivity contribution in [2.24, 2.45) is 5.92 Å². The van der Waals surface area contributed by atoms with Crippen molar-refractivity contribution in [1.82, 2.24) is 4.90 Å². The van der Waals surface area contributed by atoms with Gasteiger partial charge in [0.05, 0.1) is 12.3 Å². The Bertz CT molecular complexity index is 485. The molecule has 114 valence electrons. The molecule has 5 heteroatoms. The number of anilines is 1. The summed E-state index contributed by atoms with van der Waals surface area (Å²) in [5.74, 6) is 0.0565. The number of amides is 2. The average molecular weight is 292 g/mol. The molecule has 0 aromatic heterocycles. The number of piperidine rings is 1. The van der Waals surface area contributed by atoms with Crippen molar-refractivity contribution < 1.29 is 13.9 Å². The molecule has 1 N–H and O–H groups in total. The number of benzene rings is 1. The molecule has 0 spiro atoms. The maximum atomic E-state index is 13.5. The van der Waals surface area contributed by atoms with E-state index in [-0.39, 0.29) is 11.7 Å². The lowest BCUT2D eigenvalue weighted by molar-refractivity contribution is 0.0905. The number of ether oxygens (including phenoxy) is 1. The number of rotatable bonds is 5. The molecular weight excluding hydrogens is 271 g/mol. The summed E-state index contributed by atoms with van der Waals surface area (Å²) in [5, 5.41) is 2.61. The van der Waals surface area contributed by atoms with Gasteiger partial charge < -0.3 is 15.0 Å². The predicted octanol–water partition coefficient (Wildman–Crippen LogP) is 3.27. The summed E-state index contributed by atoms with van der Waals surface area (Å²) in [6, 6.07) is 5.94. The van der Waals surface area contributed by atoms with Crippen molar-refractivity contribution in [2.45, 2.75) is 12.8 Å². The molecule has 1 aromatic rings. The minimum absolute atomic E-state index is 0.221. The molecule has 0 unspecified atom stereocenters. The van der Waals surface area contributed by atoms with Crippen LogP contribution in [0.25, 0.3) is 0 Å². The van der Waals surface area contributed by atoms with Gasteiger partial charge in [0.15, 0.2) is 0 Å². The third-order valence-electron chi connectivity index (χ3n) is 3.61. The number of carbonyl (C=O) groups is 1. The zero-order valence-corrected chi connectivity index (χ0v) is 12.1. The topological polar surface area (TPSA) is 41.6 Å². The molecule has 1 aromatic carbocycles. The van der Waals surface area contributed by atoms with Crippen LogP contribution >= 0.6 is 0 Å². The van der Waals surface area contributed by atoms with Gasteiger partial charge in [0.1, 0.15) is 5.82 Å². The molecule has 2 amide bonds. The molecule has 0 bridgehead atoms. The molecular formula is C16H21FN2O2. The molecule has 0 aliphatic carbocycles. The molecule has 2 rings (SSSR count). The minimum atomic E-state index is -0.418. The number of carbonyl (C=O) groups excluding carboxylic acids is 1. The Morgan fingerprint density at radius 2 is 2.14 bits per heavy atom. The number of likely N-dealkylation sites (tertiary alicyclic amines) is 1. The monoisotopic (exact) mass is 292 g/mol. The fourth-order valence-corrected chi connectivity index (χ4v) is 2.38. The zero-order chi connectivity index (χ0) is 15.1. The molecule has 0 radical (unpaired) electrons. The first kappa shape index (κ1) is 15.5. The number of para-hydroxylation sites is 1. The average Bonchev–Trinajstić information content (AvgIpc) is 2.50. The van der Waals surface area contributed by atoms with Gasteiger partial charge in [-0.2, -0.15) is 0 Å². The van der Waals surface area contributed by atoms with E-state index in [1.54, 1.807) is 29.2 Å². The van der Waals surface area contributed by atoms with Crippen LogP contribution in [0, 0.1) is 11.7 Å². The molecule has 21 heavy (non-hydrogen) atoms. The SMILES string of the molecule is C=CCOCC1CCN(C(=O)Nc2ccccc2F)CC1. The number of hydrogen-bond donors (Lipinski definition) is 1. The molecule has 1 saturated heterocycles. The van der Waals surface area contributed by atoms with Crippen LogP contribution in [-0.4, -0.2) is 37.2 Å². The van der Waals surface area contributed by atoms with Gasteiger partial charge in [-0.1, -0.05) is 18.2 Å². The number of hydrogen-bond acceptors (Lipinski definition) is 2. The van der Waals surface area contributed by atoms with E-state index in [2.05, 4.69) is 11.9 Å². The van der Waals surface area contributed by atoms with Crippen LogP contribution in [0.2, 0.25) is 0 Å². The fourth-order valence-electron chi connectivity index (χ4n) is 2.38. The van der Waals surface area contributed by atoms with Gasteiger partial charge in [0.25, 0.3) is 0 Å². The van der Waals surface area contributed by atoms with Gasteiger partial charge in [0.2, 0.25) is 0 Å². The van der Waals surface area contributed by atoms with E-state index in [1.165, 1.54) is 6.07 Å². The summed E-state index contributed by atoms with van der Waals surface area (Å²) in [6.07, 6.45) is 3.54. The first-order valence-corrected chi connectivity index (χ1v) is 7.20. The fraction of sp³-hybridized carbons (Fsp3) is 0.438. The molecule has 4 nitrogen and oxygen atoms in total. The van der Waals surface area contributed by atoms with Crippen molar-refractivity contribution in [2.75, 3.05) is 31.6 Å². The van der Waals surface area contributed by atoms with Crippen molar-refractivity contribution >= 4 is 11.7 Å². The van der Waals surface area contributed by atoms with Crippen molar-refractivity contribution in [3.63, 3.8) is 0 Å². The molecule has 1 aliphatic rings. The quantitative estimate of drug-likeness (QED) is 0.668. The summed E-state index contributed by atoms with van der Waals surface area (Å²) in [7, 11) is 0. The second-order valence-electron chi connectivity index (χ2n) is 5.17. The number of halogens is 1. The van der Waals surface area contributed by atoms with Gasteiger partial charge >= 0.3 is 6.03 Å². The maximum absolute atomic E-state index is 13.5. The third-order valence-corrected chi connectivity index (χ3v) is 3.61. The number of urea groups is 1. The van der Waals surface area contributed by atoms with E-state index in [1.807, 2.05) is 0 Å². The Morgan fingerprint density at radius 1 is 1.43 bits per heavy atom. The van der Waals surface area contributed by atoms with Crippen LogP contribution in [-0.2, 0) is 4.74 Å². The number of nitrogens with one attached hydrogen (secondary N) is 1. The lowest BCUT2D eigenvalue weighted by Crippen LogP contribution is -2.41. The normalized spacial score (nSPS) is 15.8. The molecule has 1 aliphatic heterocycles. The summed E-state index contributed by atoms with van der Waals surface area (Å²) in [6.45, 7) is 6.21. The summed E-state index contributed by atoms with van der Waals surface area (Å²) < 4.78 is 18.9. The highest BCUT2D eigenvalue weighted by Crippen LogP contribution is 2.19. The Hall–Kier alpha value is -1.88. The lowest BCUT2D eigenvalue weighted by Gasteiger charge is -2.31. The first-order chi connectivity index (χ1) is 10.2. The number of nitrogens with zero attached hydrogens (tertiary/aromatic N) is 1. The van der Waals surface area contributed by atoms with E-state index in [0.29, 0.717) is 32.2 Å².